The third kappa shape index (κ3) is 8.02. The minimum absolute atomic E-state index is 0.121. The Morgan fingerprint density at radius 1 is 0.689 bits per heavy atom. The number of carbonyl (C=O) groups is 5. The first-order chi connectivity index (χ1) is 29.4. The highest BCUT2D eigenvalue weighted by molar-refractivity contribution is 5.88. The predicted molar refractivity (Wildman–Crippen MR) is 227 cm³/mol. The zero-order valence-corrected chi connectivity index (χ0v) is 35.7. The van der Waals surface area contributed by atoms with E-state index in [2.05, 4.69) is 57.0 Å². The molecule has 2 aromatic heterocycles. The Morgan fingerprint density at radius 3 is 1.74 bits per heavy atom. The van der Waals surface area contributed by atoms with Crippen molar-refractivity contribution in [3.63, 3.8) is 0 Å². The lowest BCUT2D eigenvalue weighted by Gasteiger charge is -2.30. The number of benzene rings is 2. The van der Waals surface area contributed by atoms with E-state index in [1.807, 2.05) is 43.7 Å². The van der Waals surface area contributed by atoms with Gasteiger partial charge in [0.1, 0.15) is 29.5 Å². The van der Waals surface area contributed by atoms with Crippen LogP contribution in [0.3, 0.4) is 0 Å². The average Bonchev–Trinajstić information content (AvgIpc) is 4.11. The molecule has 2 aromatic carbocycles. The fourth-order valence-corrected chi connectivity index (χ4v) is 10.1. The van der Waals surface area contributed by atoms with Gasteiger partial charge in [-0.2, -0.15) is 0 Å². The first-order valence-corrected chi connectivity index (χ1v) is 21.5. The summed E-state index contributed by atoms with van der Waals surface area (Å²) in [6, 6.07) is 10.8. The summed E-state index contributed by atoms with van der Waals surface area (Å²) in [7, 11) is 2.58. The molecule has 8 rings (SSSR count). The molecule has 61 heavy (non-hydrogen) atoms. The fourth-order valence-electron chi connectivity index (χ4n) is 10.1. The molecule has 0 radical (unpaired) electrons. The molecule has 4 amide bonds. The number of hydrogen-bond donors (Lipinski definition) is 4. The lowest BCUT2D eigenvalue weighted by Crippen LogP contribution is -2.51. The Kier molecular flexibility index (Phi) is 11.7. The van der Waals surface area contributed by atoms with Crippen LogP contribution in [0.25, 0.3) is 33.6 Å². The van der Waals surface area contributed by atoms with Crippen LogP contribution >= 0.6 is 0 Å². The molecule has 15 nitrogen and oxygen atoms in total. The number of Topliss-reactive ketones (excluding diaryl/α,β-unsaturated/α-hetero) is 1. The van der Waals surface area contributed by atoms with E-state index in [-0.39, 0.29) is 47.6 Å². The van der Waals surface area contributed by atoms with E-state index in [9.17, 15) is 24.0 Å². The molecule has 2 aliphatic carbocycles. The topological polar surface area (TPSA) is 192 Å². The van der Waals surface area contributed by atoms with Crippen molar-refractivity contribution in [3.05, 3.63) is 71.6 Å². The summed E-state index contributed by atoms with van der Waals surface area (Å²) in [6.07, 6.45) is 7.49. The lowest BCUT2D eigenvalue weighted by molar-refractivity contribution is -0.136. The third-order valence-corrected chi connectivity index (χ3v) is 13.2. The first-order valence-electron chi connectivity index (χ1n) is 21.5. The normalized spacial score (nSPS) is 21.7. The van der Waals surface area contributed by atoms with Crippen LogP contribution in [0.15, 0.2) is 48.8 Å². The van der Waals surface area contributed by atoms with Crippen molar-refractivity contribution in [2.45, 2.75) is 103 Å². The summed E-state index contributed by atoms with van der Waals surface area (Å²) in [5.41, 5.74) is 8.36. The van der Waals surface area contributed by atoms with Crippen molar-refractivity contribution in [1.82, 2.24) is 40.4 Å². The van der Waals surface area contributed by atoms with E-state index in [0.29, 0.717) is 43.4 Å². The second-order valence-corrected chi connectivity index (χ2v) is 17.6. The summed E-state index contributed by atoms with van der Waals surface area (Å²) < 4.78 is 9.58. The van der Waals surface area contributed by atoms with Gasteiger partial charge < -0.3 is 39.9 Å². The monoisotopic (exact) mass is 832 g/mol. The SMILES string of the molecule is COC(=O)NC(C(=O)N1CCC[C@H]1c1ncc(-c2ccc(-c3ccc(-c4cnc([C@@H]5CCCN5C(=O)[C@@H](NC(=O)OC)C(C)C)[nH]4)c4c3C3CC(=O)CC3C4)cc2)[nH]1)C(C)C. The van der Waals surface area contributed by atoms with Crippen molar-refractivity contribution in [2.75, 3.05) is 27.3 Å². The number of ketones is 1. The van der Waals surface area contributed by atoms with E-state index >= 15 is 0 Å². The van der Waals surface area contributed by atoms with Crippen LogP contribution < -0.4 is 10.6 Å². The number of ether oxygens (including phenoxy) is 2. The number of amides is 4. The molecule has 4 heterocycles. The number of fused-ring (bicyclic) bond motifs is 3. The van der Waals surface area contributed by atoms with Crippen molar-refractivity contribution in [3.8, 4) is 33.6 Å². The van der Waals surface area contributed by atoms with Gasteiger partial charge in [-0.1, -0.05) is 64.1 Å². The maximum atomic E-state index is 13.8. The van der Waals surface area contributed by atoms with Gasteiger partial charge in [-0.15, -0.1) is 0 Å². The summed E-state index contributed by atoms with van der Waals surface area (Å²) in [6.45, 7) is 8.75. The number of imidazole rings is 2. The van der Waals surface area contributed by atoms with Gasteiger partial charge >= 0.3 is 12.2 Å². The van der Waals surface area contributed by atoms with E-state index < -0.39 is 24.3 Å². The molecule has 2 saturated heterocycles. The maximum absolute atomic E-state index is 13.8. The van der Waals surface area contributed by atoms with Gasteiger partial charge in [0.25, 0.3) is 0 Å². The quantitative estimate of drug-likeness (QED) is 0.125. The zero-order valence-electron chi connectivity index (χ0n) is 35.7. The van der Waals surface area contributed by atoms with Crippen LogP contribution in [0.2, 0.25) is 0 Å². The molecule has 1 saturated carbocycles. The summed E-state index contributed by atoms with van der Waals surface area (Å²) >= 11 is 0. The van der Waals surface area contributed by atoms with Gasteiger partial charge in [0, 0.05) is 31.5 Å². The number of carbonyl (C=O) groups excluding carboxylic acids is 5. The highest BCUT2D eigenvalue weighted by Gasteiger charge is 2.44. The highest BCUT2D eigenvalue weighted by atomic mass is 16.5. The van der Waals surface area contributed by atoms with E-state index in [1.54, 1.807) is 6.20 Å². The molecular weight excluding hydrogens is 777 g/mol. The number of likely N-dealkylation sites (tertiary alicyclic amines) is 2. The number of methoxy groups -OCH3 is 2. The van der Waals surface area contributed by atoms with Crippen LogP contribution in [0.1, 0.15) is 107 Å². The molecule has 0 bridgehead atoms. The van der Waals surface area contributed by atoms with Gasteiger partial charge in [-0.25, -0.2) is 19.6 Å². The van der Waals surface area contributed by atoms with Gasteiger partial charge in [0.05, 0.1) is 50.1 Å². The summed E-state index contributed by atoms with van der Waals surface area (Å²) in [4.78, 5) is 84.6. The number of aromatic nitrogens is 4. The van der Waals surface area contributed by atoms with E-state index in [4.69, 9.17) is 19.4 Å². The number of alkyl carbamates (subject to hydrolysis) is 2. The number of hydrogen-bond acceptors (Lipinski definition) is 9. The number of rotatable bonds is 11. The second-order valence-electron chi connectivity index (χ2n) is 17.6. The van der Waals surface area contributed by atoms with E-state index in [0.717, 1.165) is 65.7 Å². The summed E-state index contributed by atoms with van der Waals surface area (Å²) in [5, 5.41) is 5.42. The lowest BCUT2D eigenvalue weighted by atomic mass is 9.87. The minimum atomic E-state index is -0.714. The first kappa shape index (κ1) is 41.7. The average molecular weight is 833 g/mol. The third-order valence-electron chi connectivity index (χ3n) is 13.2. The van der Waals surface area contributed by atoms with Gasteiger partial charge in [-0.05, 0) is 83.6 Å². The molecule has 6 atom stereocenters. The van der Waals surface area contributed by atoms with Gasteiger partial charge in [-0.3, -0.25) is 14.4 Å². The Bertz CT molecular complexity index is 2320. The molecule has 3 fully saturated rings. The zero-order chi connectivity index (χ0) is 43.1. The van der Waals surface area contributed by atoms with Crippen molar-refractivity contribution < 1.29 is 33.4 Å². The van der Waals surface area contributed by atoms with Crippen molar-refractivity contribution in [1.29, 1.82) is 0 Å². The maximum Gasteiger partial charge on any atom is 0.407 e. The van der Waals surface area contributed by atoms with Gasteiger partial charge in [0.15, 0.2) is 0 Å². The molecule has 15 heteroatoms. The van der Waals surface area contributed by atoms with Crippen LogP contribution in [-0.4, -0.2) is 98.9 Å². The second kappa shape index (κ2) is 17.2. The number of nitrogens with zero attached hydrogens (tertiary/aromatic N) is 4. The molecule has 322 valence electrons. The molecule has 4 aliphatic rings. The molecular formula is C46H56N8O7. The molecule has 4 N–H and O–H groups in total. The number of H-pyrrole nitrogens is 2. The number of aromatic amines is 2. The van der Waals surface area contributed by atoms with Crippen LogP contribution in [0.4, 0.5) is 9.59 Å². The predicted octanol–water partition coefficient (Wildman–Crippen LogP) is 6.84. The van der Waals surface area contributed by atoms with Crippen molar-refractivity contribution in [2.24, 2.45) is 17.8 Å². The molecule has 4 aromatic rings. The minimum Gasteiger partial charge on any atom is -0.453 e. The smallest absolute Gasteiger partial charge is 0.407 e. The highest BCUT2D eigenvalue weighted by Crippen LogP contribution is 2.53. The molecule has 2 aliphatic heterocycles. The van der Waals surface area contributed by atoms with Crippen LogP contribution in [0, 0.1) is 17.8 Å². The van der Waals surface area contributed by atoms with Crippen LogP contribution in [0.5, 0.6) is 0 Å². The standard InChI is InChI=1S/C46H56N8O7/c1-24(2)39(51-45(58)60-5)43(56)53-17-7-9-36(53)41-47-22-34(49-41)27-13-11-26(12-14-27)30-15-16-31(33-20-28-19-29(55)21-32(28)38(30)33)35-23-48-42(50-35)37-10-8-18-54(37)44(57)40(25(3)4)52-46(59)61-6/h11-16,22-25,28,32,36-37,39-40H,7-10,17-21H2,1-6H3,(H,47,49)(H,48,50)(H,51,58)(H,52,59)/t28?,32?,36-,37-,39?,40-/m0/s1. The fraction of sp³-hybridized carbons (Fsp3) is 0.500. The molecule has 3 unspecified atom stereocenters. The largest absolute Gasteiger partial charge is 0.453 e. The molecule has 0 spiro atoms. The Labute approximate surface area is 355 Å². The Hall–Kier alpha value is -5.99. The summed E-state index contributed by atoms with van der Waals surface area (Å²) in [5.74, 6) is 1.57. The Morgan fingerprint density at radius 2 is 1.20 bits per heavy atom. The van der Waals surface area contributed by atoms with Crippen LogP contribution in [-0.2, 0) is 30.3 Å². The number of nitrogens with one attached hydrogen (secondary N) is 4. The Balaban J connectivity index is 1.04. The van der Waals surface area contributed by atoms with Gasteiger partial charge in [0.2, 0.25) is 11.8 Å². The van der Waals surface area contributed by atoms with E-state index in [1.165, 1.54) is 25.3 Å². The van der Waals surface area contributed by atoms with Crippen molar-refractivity contribution >= 4 is 29.8 Å².